The van der Waals surface area contributed by atoms with Gasteiger partial charge in [-0.2, -0.15) is 4.68 Å². The van der Waals surface area contributed by atoms with E-state index >= 15 is 0 Å². The molecular formula is C23H19N5O. The minimum absolute atomic E-state index is 0.0976. The summed E-state index contributed by atoms with van der Waals surface area (Å²) in [7, 11) is 0. The van der Waals surface area contributed by atoms with Crippen LogP contribution < -0.4 is 10.1 Å². The van der Waals surface area contributed by atoms with E-state index < -0.39 is 0 Å². The van der Waals surface area contributed by atoms with Gasteiger partial charge in [-0.3, -0.25) is 0 Å². The van der Waals surface area contributed by atoms with Gasteiger partial charge in [0.05, 0.1) is 0 Å². The van der Waals surface area contributed by atoms with Gasteiger partial charge in [0.25, 0.3) is 0 Å². The van der Waals surface area contributed by atoms with Crippen LogP contribution in [-0.2, 0) is 6.61 Å². The lowest BCUT2D eigenvalue weighted by Gasteiger charge is -2.23. The molecule has 3 aromatic carbocycles. The largest absolute Gasteiger partial charge is 0.489 e. The minimum atomic E-state index is -0.0976. The van der Waals surface area contributed by atoms with Crippen LogP contribution in [-0.4, -0.2) is 20.2 Å². The average Bonchev–Trinajstić information content (AvgIpc) is 3.28. The van der Waals surface area contributed by atoms with Crippen LogP contribution in [0.3, 0.4) is 0 Å². The number of allylic oxidation sites excluding steroid dienone is 1. The second-order valence-corrected chi connectivity index (χ2v) is 6.81. The molecule has 2 heterocycles. The van der Waals surface area contributed by atoms with Crippen molar-refractivity contribution in [1.29, 1.82) is 0 Å². The highest BCUT2D eigenvalue weighted by molar-refractivity contribution is 5.76. The fourth-order valence-corrected chi connectivity index (χ4v) is 3.38. The van der Waals surface area contributed by atoms with E-state index in [1.807, 2.05) is 48.5 Å². The topological polar surface area (TPSA) is 64.9 Å². The zero-order chi connectivity index (χ0) is 19.5. The van der Waals surface area contributed by atoms with Gasteiger partial charge < -0.3 is 10.1 Å². The SMILES string of the molecule is C1=C(c2ccccc2)Nc2nnnn2C1c1ccc(OCc2ccccc2)cc1. The van der Waals surface area contributed by atoms with Gasteiger partial charge in [-0.25, -0.2) is 0 Å². The van der Waals surface area contributed by atoms with Crippen molar-refractivity contribution < 1.29 is 4.74 Å². The summed E-state index contributed by atoms with van der Waals surface area (Å²) in [6.45, 7) is 0.544. The molecule has 0 bridgehead atoms. The standard InChI is InChI=1S/C23H19N5O/c1-3-7-17(8-4-1)16-29-20-13-11-19(12-14-20)22-15-21(18-9-5-2-6-10-18)24-23-25-26-27-28(22)23/h1-15,22H,16H2,(H,24,25,27). The summed E-state index contributed by atoms with van der Waals surface area (Å²) in [5, 5.41) is 15.4. The summed E-state index contributed by atoms with van der Waals surface area (Å²) >= 11 is 0. The van der Waals surface area contributed by atoms with Gasteiger partial charge in [0, 0.05) is 5.70 Å². The third kappa shape index (κ3) is 3.60. The van der Waals surface area contributed by atoms with Crippen LogP contribution in [0.5, 0.6) is 5.75 Å². The van der Waals surface area contributed by atoms with Crippen molar-refractivity contribution in [3.05, 3.63) is 108 Å². The third-order valence-electron chi connectivity index (χ3n) is 4.88. The Labute approximate surface area is 168 Å². The average molecular weight is 381 g/mol. The quantitative estimate of drug-likeness (QED) is 0.558. The molecule has 0 radical (unpaired) electrons. The molecule has 0 saturated carbocycles. The van der Waals surface area contributed by atoms with Crippen molar-refractivity contribution in [2.24, 2.45) is 0 Å². The van der Waals surface area contributed by atoms with E-state index in [0.717, 1.165) is 28.1 Å². The number of benzene rings is 3. The van der Waals surface area contributed by atoms with Crippen molar-refractivity contribution in [3.63, 3.8) is 0 Å². The number of anilines is 1. The summed E-state index contributed by atoms with van der Waals surface area (Å²) in [4.78, 5) is 0. The van der Waals surface area contributed by atoms with E-state index in [-0.39, 0.29) is 6.04 Å². The predicted octanol–water partition coefficient (Wildman–Crippen LogP) is 4.31. The van der Waals surface area contributed by atoms with Gasteiger partial charge in [-0.05, 0) is 45.3 Å². The van der Waals surface area contributed by atoms with Crippen LogP contribution in [0.15, 0.2) is 91.0 Å². The molecular weight excluding hydrogens is 362 g/mol. The van der Waals surface area contributed by atoms with E-state index in [4.69, 9.17) is 4.74 Å². The van der Waals surface area contributed by atoms with Crippen LogP contribution in [0.1, 0.15) is 22.7 Å². The van der Waals surface area contributed by atoms with Gasteiger partial charge in [0.1, 0.15) is 18.4 Å². The van der Waals surface area contributed by atoms with Crippen LogP contribution in [0.4, 0.5) is 5.95 Å². The van der Waals surface area contributed by atoms with Gasteiger partial charge in [-0.15, -0.1) is 0 Å². The van der Waals surface area contributed by atoms with Crippen molar-refractivity contribution in [2.45, 2.75) is 12.6 Å². The van der Waals surface area contributed by atoms with Gasteiger partial charge in [0.2, 0.25) is 5.95 Å². The lowest BCUT2D eigenvalue weighted by atomic mass is 10.0. The second-order valence-electron chi connectivity index (χ2n) is 6.81. The molecule has 0 aliphatic carbocycles. The zero-order valence-electron chi connectivity index (χ0n) is 15.6. The first kappa shape index (κ1) is 17.2. The molecule has 0 spiro atoms. The maximum absolute atomic E-state index is 5.90. The Morgan fingerprint density at radius 1 is 0.862 bits per heavy atom. The first-order valence-electron chi connectivity index (χ1n) is 9.46. The summed E-state index contributed by atoms with van der Waals surface area (Å²) in [6, 6.07) is 28.3. The van der Waals surface area contributed by atoms with Gasteiger partial charge in [-0.1, -0.05) is 77.9 Å². The first-order chi connectivity index (χ1) is 14.4. The van der Waals surface area contributed by atoms with Crippen LogP contribution >= 0.6 is 0 Å². The number of fused-ring (bicyclic) bond motifs is 1. The fraction of sp³-hybridized carbons (Fsp3) is 0.0870. The van der Waals surface area contributed by atoms with Gasteiger partial charge >= 0.3 is 0 Å². The minimum Gasteiger partial charge on any atom is -0.489 e. The number of tetrazole rings is 1. The zero-order valence-corrected chi connectivity index (χ0v) is 15.6. The highest BCUT2D eigenvalue weighted by Gasteiger charge is 2.24. The van der Waals surface area contributed by atoms with Gasteiger partial charge in [0.15, 0.2) is 0 Å². The summed E-state index contributed by atoms with van der Waals surface area (Å²) in [5.41, 5.74) is 4.31. The molecule has 1 aliphatic rings. The molecule has 5 rings (SSSR count). The Kier molecular flexibility index (Phi) is 4.50. The lowest BCUT2D eigenvalue weighted by Crippen LogP contribution is -2.20. The third-order valence-corrected chi connectivity index (χ3v) is 4.88. The van der Waals surface area contributed by atoms with E-state index in [1.54, 1.807) is 4.68 Å². The number of hydrogen-bond donors (Lipinski definition) is 1. The van der Waals surface area contributed by atoms with Crippen molar-refractivity contribution in [1.82, 2.24) is 20.2 Å². The molecule has 6 heteroatoms. The highest BCUT2D eigenvalue weighted by atomic mass is 16.5. The summed E-state index contributed by atoms with van der Waals surface area (Å²) in [5.74, 6) is 1.46. The van der Waals surface area contributed by atoms with Crippen molar-refractivity contribution in [2.75, 3.05) is 5.32 Å². The maximum atomic E-state index is 5.90. The van der Waals surface area contributed by atoms with E-state index in [0.29, 0.717) is 12.6 Å². The van der Waals surface area contributed by atoms with E-state index in [2.05, 4.69) is 63.3 Å². The number of nitrogens with one attached hydrogen (secondary N) is 1. The van der Waals surface area contributed by atoms with Crippen molar-refractivity contribution in [3.8, 4) is 5.75 Å². The van der Waals surface area contributed by atoms with E-state index in [9.17, 15) is 0 Å². The molecule has 0 fully saturated rings. The monoisotopic (exact) mass is 381 g/mol. The molecule has 0 saturated heterocycles. The number of hydrogen-bond acceptors (Lipinski definition) is 5. The smallest absolute Gasteiger partial charge is 0.248 e. The van der Waals surface area contributed by atoms with Crippen molar-refractivity contribution >= 4 is 11.6 Å². The predicted molar refractivity (Wildman–Crippen MR) is 111 cm³/mol. The molecule has 142 valence electrons. The van der Waals surface area contributed by atoms with Crippen LogP contribution in [0, 0.1) is 0 Å². The number of ether oxygens (including phenoxy) is 1. The van der Waals surface area contributed by atoms with Crippen LogP contribution in [0.2, 0.25) is 0 Å². The fourth-order valence-electron chi connectivity index (χ4n) is 3.38. The lowest BCUT2D eigenvalue weighted by molar-refractivity contribution is 0.306. The second kappa shape index (κ2) is 7.59. The first-order valence-corrected chi connectivity index (χ1v) is 9.46. The Balaban J connectivity index is 1.40. The number of rotatable bonds is 5. The molecule has 6 nitrogen and oxygen atoms in total. The Hall–Kier alpha value is -3.93. The molecule has 1 unspecified atom stereocenters. The summed E-state index contributed by atoms with van der Waals surface area (Å²) in [6.07, 6.45) is 2.14. The maximum Gasteiger partial charge on any atom is 0.248 e. The molecule has 29 heavy (non-hydrogen) atoms. The molecule has 4 aromatic rings. The number of aromatic nitrogens is 4. The molecule has 1 aliphatic heterocycles. The highest BCUT2D eigenvalue weighted by Crippen LogP contribution is 2.32. The summed E-state index contributed by atoms with van der Waals surface area (Å²) < 4.78 is 7.69. The normalized spacial score (nSPS) is 15.2. The Morgan fingerprint density at radius 2 is 1.59 bits per heavy atom. The number of nitrogens with zero attached hydrogens (tertiary/aromatic N) is 4. The van der Waals surface area contributed by atoms with Crippen LogP contribution in [0.25, 0.3) is 5.70 Å². The van der Waals surface area contributed by atoms with E-state index in [1.165, 1.54) is 0 Å². The molecule has 0 amide bonds. The molecule has 1 N–H and O–H groups in total. The Morgan fingerprint density at radius 3 is 2.34 bits per heavy atom. The molecule has 1 aromatic heterocycles. The Bertz CT molecular complexity index is 1120. The molecule has 1 atom stereocenters.